The molecule has 0 aliphatic rings. The minimum atomic E-state index is -0.203. The van der Waals surface area contributed by atoms with Gasteiger partial charge in [-0.3, -0.25) is 0 Å². The largest absolute Gasteiger partial charge is 0.496 e. The van der Waals surface area contributed by atoms with E-state index in [-0.39, 0.29) is 5.82 Å². The van der Waals surface area contributed by atoms with Crippen molar-refractivity contribution in [3.8, 4) is 5.75 Å². The third-order valence-electron chi connectivity index (χ3n) is 2.12. The van der Waals surface area contributed by atoms with Crippen molar-refractivity contribution in [2.75, 3.05) is 20.7 Å². The zero-order valence-electron chi connectivity index (χ0n) is 8.64. The van der Waals surface area contributed by atoms with Crippen molar-refractivity contribution in [1.29, 1.82) is 0 Å². The molecule has 0 atom stereocenters. The van der Waals surface area contributed by atoms with Crippen molar-refractivity contribution in [1.82, 2.24) is 5.32 Å². The Morgan fingerprint density at radius 2 is 2.21 bits per heavy atom. The second-order valence-electron chi connectivity index (χ2n) is 3.16. The number of aryl methyl sites for hydroxylation is 1. The Morgan fingerprint density at radius 1 is 1.43 bits per heavy atom. The molecule has 0 radical (unpaired) electrons. The SMILES string of the molecule is CNCCCc1cc(F)ccc1OC. The molecule has 14 heavy (non-hydrogen) atoms. The summed E-state index contributed by atoms with van der Waals surface area (Å²) in [6.45, 7) is 0.930. The maximum absolute atomic E-state index is 12.9. The molecule has 0 heterocycles. The van der Waals surface area contributed by atoms with E-state index in [0.717, 1.165) is 30.7 Å². The molecule has 1 rings (SSSR count). The molecule has 0 aromatic heterocycles. The van der Waals surface area contributed by atoms with Gasteiger partial charge in [0.05, 0.1) is 7.11 Å². The highest BCUT2D eigenvalue weighted by Gasteiger charge is 2.03. The lowest BCUT2D eigenvalue weighted by Crippen LogP contribution is -2.08. The Morgan fingerprint density at radius 3 is 2.86 bits per heavy atom. The van der Waals surface area contributed by atoms with Gasteiger partial charge in [0.25, 0.3) is 0 Å². The van der Waals surface area contributed by atoms with Gasteiger partial charge in [0, 0.05) is 0 Å². The molecule has 0 bridgehead atoms. The summed E-state index contributed by atoms with van der Waals surface area (Å²) in [6, 6.07) is 4.62. The zero-order valence-corrected chi connectivity index (χ0v) is 8.64. The lowest BCUT2D eigenvalue weighted by atomic mass is 10.1. The number of rotatable bonds is 5. The molecule has 0 saturated carbocycles. The van der Waals surface area contributed by atoms with Gasteiger partial charge >= 0.3 is 0 Å². The zero-order chi connectivity index (χ0) is 10.4. The van der Waals surface area contributed by atoms with Gasteiger partial charge in [-0.15, -0.1) is 0 Å². The van der Waals surface area contributed by atoms with Crippen LogP contribution in [0.2, 0.25) is 0 Å². The molecule has 0 aliphatic heterocycles. The fourth-order valence-electron chi connectivity index (χ4n) is 1.40. The number of nitrogens with one attached hydrogen (secondary N) is 1. The minimum Gasteiger partial charge on any atom is -0.496 e. The van der Waals surface area contributed by atoms with E-state index in [2.05, 4.69) is 5.32 Å². The summed E-state index contributed by atoms with van der Waals surface area (Å²) in [6.07, 6.45) is 1.82. The number of ether oxygens (including phenoxy) is 1. The second-order valence-corrected chi connectivity index (χ2v) is 3.16. The fraction of sp³-hybridized carbons (Fsp3) is 0.455. The van der Waals surface area contributed by atoms with E-state index in [1.54, 1.807) is 13.2 Å². The van der Waals surface area contributed by atoms with Gasteiger partial charge in [0.2, 0.25) is 0 Å². The van der Waals surface area contributed by atoms with Crippen molar-refractivity contribution in [2.24, 2.45) is 0 Å². The summed E-state index contributed by atoms with van der Waals surface area (Å²) < 4.78 is 18.1. The Hall–Kier alpha value is -1.09. The Balaban J connectivity index is 2.67. The fourth-order valence-corrected chi connectivity index (χ4v) is 1.40. The molecule has 0 saturated heterocycles. The smallest absolute Gasteiger partial charge is 0.123 e. The summed E-state index contributed by atoms with van der Waals surface area (Å²) >= 11 is 0. The lowest BCUT2D eigenvalue weighted by molar-refractivity contribution is 0.407. The van der Waals surface area contributed by atoms with E-state index in [1.807, 2.05) is 7.05 Å². The molecule has 0 amide bonds. The predicted octanol–water partition coefficient (Wildman–Crippen LogP) is 1.99. The monoisotopic (exact) mass is 197 g/mol. The van der Waals surface area contributed by atoms with Crippen molar-refractivity contribution >= 4 is 0 Å². The van der Waals surface area contributed by atoms with Crippen molar-refractivity contribution in [2.45, 2.75) is 12.8 Å². The van der Waals surface area contributed by atoms with Crippen molar-refractivity contribution < 1.29 is 9.13 Å². The molecule has 78 valence electrons. The van der Waals surface area contributed by atoms with Gasteiger partial charge < -0.3 is 10.1 Å². The Bertz CT molecular complexity index is 289. The van der Waals surface area contributed by atoms with Crippen molar-refractivity contribution in [3.63, 3.8) is 0 Å². The number of benzene rings is 1. The Kier molecular flexibility index (Phi) is 4.40. The van der Waals surface area contributed by atoms with Crippen LogP contribution in [0.15, 0.2) is 18.2 Å². The van der Waals surface area contributed by atoms with Gasteiger partial charge in [-0.05, 0) is 50.2 Å². The van der Waals surface area contributed by atoms with Gasteiger partial charge in [-0.2, -0.15) is 0 Å². The highest BCUT2D eigenvalue weighted by atomic mass is 19.1. The van der Waals surface area contributed by atoms with E-state index in [1.165, 1.54) is 12.1 Å². The molecule has 1 aromatic rings. The normalized spacial score (nSPS) is 10.2. The summed E-state index contributed by atoms with van der Waals surface area (Å²) in [5.74, 6) is 0.563. The van der Waals surface area contributed by atoms with Crippen LogP contribution in [0.5, 0.6) is 5.75 Å². The van der Waals surface area contributed by atoms with E-state index in [9.17, 15) is 4.39 Å². The van der Waals surface area contributed by atoms with Crippen LogP contribution in [0.25, 0.3) is 0 Å². The summed E-state index contributed by atoms with van der Waals surface area (Å²) in [5.41, 5.74) is 0.933. The highest BCUT2D eigenvalue weighted by Crippen LogP contribution is 2.20. The topological polar surface area (TPSA) is 21.3 Å². The van der Waals surface area contributed by atoms with Crippen LogP contribution in [0.3, 0.4) is 0 Å². The van der Waals surface area contributed by atoms with Gasteiger partial charge in [-0.25, -0.2) is 4.39 Å². The van der Waals surface area contributed by atoms with Crippen LogP contribution in [0, 0.1) is 5.82 Å². The molecule has 0 aliphatic carbocycles. The molecule has 0 unspecified atom stereocenters. The molecule has 0 spiro atoms. The van der Waals surface area contributed by atoms with Crippen LogP contribution in [0.1, 0.15) is 12.0 Å². The van der Waals surface area contributed by atoms with Crippen LogP contribution in [0.4, 0.5) is 4.39 Å². The first kappa shape index (κ1) is 11.0. The number of halogens is 1. The standard InChI is InChI=1S/C11H16FNO/c1-13-7-3-4-9-8-10(12)5-6-11(9)14-2/h5-6,8,13H,3-4,7H2,1-2H3. The average molecular weight is 197 g/mol. The highest BCUT2D eigenvalue weighted by molar-refractivity contribution is 5.33. The average Bonchev–Trinajstić information content (AvgIpc) is 2.19. The van der Waals surface area contributed by atoms with Crippen LogP contribution in [-0.2, 0) is 6.42 Å². The molecule has 1 aromatic carbocycles. The number of hydrogen-bond acceptors (Lipinski definition) is 2. The first-order chi connectivity index (χ1) is 6.77. The minimum absolute atomic E-state index is 0.203. The van der Waals surface area contributed by atoms with Crippen molar-refractivity contribution in [3.05, 3.63) is 29.6 Å². The molecular weight excluding hydrogens is 181 g/mol. The van der Waals surface area contributed by atoms with Gasteiger partial charge in [0.15, 0.2) is 0 Å². The summed E-state index contributed by atoms with van der Waals surface area (Å²) in [7, 11) is 3.51. The first-order valence-corrected chi connectivity index (χ1v) is 4.75. The van der Waals surface area contributed by atoms with E-state index in [4.69, 9.17) is 4.74 Å². The lowest BCUT2D eigenvalue weighted by Gasteiger charge is -2.07. The molecular formula is C11H16FNO. The quantitative estimate of drug-likeness (QED) is 0.729. The molecule has 3 heteroatoms. The third-order valence-corrected chi connectivity index (χ3v) is 2.12. The predicted molar refractivity (Wildman–Crippen MR) is 55.2 cm³/mol. The number of hydrogen-bond donors (Lipinski definition) is 1. The molecule has 1 N–H and O–H groups in total. The number of methoxy groups -OCH3 is 1. The maximum Gasteiger partial charge on any atom is 0.123 e. The second kappa shape index (κ2) is 5.60. The maximum atomic E-state index is 12.9. The van der Waals surface area contributed by atoms with E-state index < -0.39 is 0 Å². The van der Waals surface area contributed by atoms with Crippen LogP contribution >= 0.6 is 0 Å². The van der Waals surface area contributed by atoms with E-state index in [0.29, 0.717) is 0 Å². The molecule has 0 fully saturated rings. The van der Waals surface area contributed by atoms with Gasteiger partial charge in [-0.1, -0.05) is 0 Å². The molecule has 2 nitrogen and oxygen atoms in total. The first-order valence-electron chi connectivity index (χ1n) is 4.75. The van der Waals surface area contributed by atoms with Crippen LogP contribution < -0.4 is 10.1 Å². The Labute approximate surface area is 84.1 Å². The summed E-state index contributed by atoms with van der Waals surface area (Å²) in [4.78, 5) is 0. The third kappa shape index (κ3) is 3.00. The summed E-state index contributed by atoms with van der Waals surface area (Å²) in [5, 5.41) is 3.06. The van der Waals surface area contributed by atoms with Gasteiger partial charge in [0.1, 0.15) is 11.6 Å². The van der Waals surface area contributed by atoms with E-state index >= 15 is 0 Å². The van der Waals surface area contributed by atoms with Crippen LogP contribution in [-0.4, -0.2) is 20.7 Å².